The number of nitrogens with one attached hydrogen (secondary N) is 1. The predicted molar refractivity (Wildman–Crippen MR) is 99.4 cm³/mol. The second kappa shape index (κ2) is 6.57. The third kappa shape index (κ3) is 3.21. The molecule has 3 rings (SSSR count). The maximum Gasteiger partial charge on any atom is 0.339 e. The summed E-state index contributed by atoms with van der Waals surface area (Å²) in [5, 5.41) is 23.4. The Labute approximate surface area is 152 Å². The van der Waals surface area contributed by atoms with Gasteiger partial charge in [-0.2, -0.15) is 0 Å². The number of anilines is 1. The Morgan fingerprint density at radius 1 is 1.00 bits per heavy atom. The Balaban J connectivity index is 2.02. The SMILES string of the molecule is Cc1cc(NC(=O)c2cccc3c(Br)cccc23)cc(C(=O)O)c1O. The highest BCUT2D eigenvalue weighted by Crippen LogP contribution is 2.29. The van der Waals surface area contributed by atoms with E-state index in [1.165, 1.54) is 12.1 Å². The van der Waals surface area contributed by atoms with Crippen molar-refractivity contribution in [3.63, 3.8) is 0 Å². The van der Waals surface area contributed by atoms with Gasteiger partial charge in [0.2, 0.25) is 0 Å². The summed E-state index contributed by atoms with van der Waals surface area (Å²) in [6, 6.07) is 13.7. The summed E-state index contributed by atoms with van der Waals surface area (Å²) in [5.74, 6) is -1.92. The molecule has 0 aliphatic rings. The quantitative estimate of drug-likeness (QED) is 0.563. The van der Waals surface area contributed by atoms with Gasteiger partial charge in [-0.3, -0.25) is 4.79 Å². The number of phenols is 1. The first-order valence-electron chi connectivity index (χ1n) is 7.44. The maximum atomic E-state index is 12.7. The number of carboxylic acid groups (broad SMARTS) is 1. The molecular weight excluding hydrogens is 386 g/mol. The Kier molecular flexibility index (Phi) is 4.46. The molecule has 0 saturated heterocycles. The highest BCUT2D eigenvalue weighted by Gasteiger charge is 2.16. The molecule has 0 saturated carbocycles. The van der Waals surface area contributed by atoms with Crippen molar-refractivity contribution in [2.45, 2.75) is 6.92 Å². The van der Waals surface area contributed by atoms with E-state index >= 15 is 0 Å². The number of benzene rings is 3. The van der Waals surface area contributed by atoms with Crippen LogP contribution in [0.3, 0.4) is 0 Å². The van der Waals surface area contributed by atoms with Crippen molar-refractivity contribution in [1.29, 1.82) is 0 Å². The zero-order valence-corrected chi connectivity index (χ0v) is 14.8. The largest absolute Gasteiger partial charge is 0.507 e. The summed E-state index contributed by atoms with van der Waals surface area (Å²) in [7, 11) is 0. The van der Waals surface area contributed by atoms with Crippen molar-refractivity contribution < 1.29 is 19.8 Å². The van der Waals surface area contributed by atoms with Crippen LogP contribution in [-0.4, -0.2) is 22.1 Å². The zero-order chi connectivity index (χ0) is 18.1. The normalized spacial score (nSPS) is 10.6. The van der Waals surface area contributed by atoms with Gasteiger partial charge in [0, 0.05) is 15.7 Å². The summed E-state index contributed by atoms with van der Waals surface area (Å²) in [6.45, 7) is 1.58. The minimum atomic E-state index is -1.26. The third-order valence-electron chi connectivity index (χ3n) is 3.90. The van der Waals surface area contributed by atoms with E-state index in [9.17, 15) is 14.7 Å². The lowest BCUT2D eigenvalue weighted by Gasteiger charge is -2.11. The first-order chi connectivity index (χ1) is 11.9. The van der Waals surface area contributed by atoms with Gasteiger partial charge in [-0.25, -0.2) is 4.79 Å². The van der Waals surface area contributed by atoms with E-state index in [-0.39, 0.29) is 17.2 Å². The second-order valence-corrected chi connectivity index (χ2v) is 6.44. The number of fused-ring (bicyclic) bond motifs is 1. The number of halogens is 1. The minimum Gasteiger partial charge on any atom is -0.507 e. The van der Waals surface area contributed by atoms with E-state index in [1.54, 1.807) is 19.1 Å². The number of carbonyl (C=O) groups is 2. The molecule has 0 heterocycles. The molecule has 0 aliphatic carbocycles. The van der Waals surface area contributed by atoms with E-state index in [2.05, 4.69) is 21.2 Å². The van der Waals surface area contributed by atoms with Crippen molar-refractivity contribution in [3.05, 3.63) is 69.7 Å². The average Bonchev–Trinajstić information content (AvgIpc) is 2.57. The van der Waals surface area contributed by atoms with E-state index in [0.717, 1.165) is 15.2 Å². The lowest BCUT2D eigenvalue weighted by molar-refractivity contribution is 0.0693. The lowest BCUT2D eigenvalue weighted by atomic mass is 10.0. The van der Waals surface area contributed by atoms with Crippen LogP contribution in [0.2, 0.25) is 0 Å². The average molecular weight is 400 g/mol. The van der Waals surface area contributed by atoms with Crippen molar-refractivity contribution in [2.24, 2.45) is 0 Å². The molecule has 0 radical (unpaired) electrons. The highest BCUT2D eigenvalue weighted by atomic mass is 79.9. The lowest BCUT2D eigenvalue weighted by Crippen LogP contribution is -2.13. The van der Waals surface area contributed by atoms with E-state index < -0.39 is 5.97 Å². The second-order valence-electron chi connectivity index (χ2n) is 5.59. The summed E-state index contributed by atoms with van der Waals surface area (Å²) in [6.07, 6.45) is 0. The van der Waals surface area contributed by atoms with E-state index in [1.807, 2.05) is 24.3 Å². The number of aromatic carboxylic acids is 1. The number of amides is 1. The minimum absolute atomic E-state index is 0.254. The smallest absolute Gasteiger partial charge is 0.339 e. The maximum absolute atomic E-state index is 12.7. The van der Waals surface area contributed by atoms with Gasteiger partial charge in [-0.15, -0.1) is 0 Å². The molecule has 0 atom stereocenters. The van der Waals surface area contributed by atoms with Gasteiger partial charge in [0.1, 0.15) is 11.3 Å². The number of carboxylic acids is 1. The van der Waals surface area contributed by atoms with Crippen molar-refractivity contribution in [2.75, 3.05) is 5.32 Å². The molecule has 0 unspecified atom stereocenters. The number of hydrogen-bond donors (Lipinski definition) is 3. The molecule has 0 aromatic heterocycles. The molecular formula is C19H14BrNO4. The Hall–Kier alpha value is -2.86. The van der Waals surface area contributed by atoms with Gasteiger partial charge in [0.15, 0.2) is 0 Å². The van der Waals surface area contributed by atoms with Crippen molar-refractivity contribution in [1.82, 2.24) is 0 Å². The van der Waals surface area contributed by atoms with Gasteiger partial charge in [0.05, 0.1) is 0 Å². The summed E-state index contributed by atoms with van der Waals surface area (Å²) in [5.41, 5.74) is 0.901. The molecule has 0 fully saturated rings. The number of carbonyl (C=O) groups excluding carboxylic acids is 1. The fourth-order valence-electron chi connectivity index (χ4n) is 2.68. The first kappa shape index (κ1) is 17.0. The molecule has 0 spiro atoms. The van der Waals surface area contributed by atoms with Crippen molar-refractivity contribution >= 4 is 44.3 Å². The van der Waals surface area contributed by atoms with Crippen LogP contribution in [0.5, 0.6) is 5.75 Å². The van der Waals surface area contributed by atoms with Crippen LogP contribution in [0, 0.1) is 6.92 Å². The van der Waals surface area contributed by atoms with Gasteiger partial charge in [0.25, 0.3) is 5.91 Å². The molecule has 25 heavy (non-hydrogen) atoms. The van der Waals surface area contributed by atoms with Crippen LogP contribution in [0.25, 0.3) is 10.8 Å². The monoisotopic (exact) mass is 399 g/mol. The van der Waals surface area contributed by atoms with Crippen molar-refractivity contribution in [3.8, 4) is 5.75 Å². The topological polar surface area (TPSA) is 86.6 Å². The van der Waals surface area contributed by atoms with Crippen LogP contribution in [0.15, 0.2) is 53.0 Å². The Morgan fingerprint density at radius 3 is 2.40 bits per heavy atom. The molecule has 6 heteroatoms. The summed E-state index contributed by atoms with van der Waals surface area (Å²) < 4.78 is 0.883. The molecule has 5 nitrogen and oxygen atoms in total. The predicted octanol–water partition coefficient (Wildman–Crippen LogP) is 4.57. The Morgan fingerprint density at radius 2 is 1.68 bits per heavy atom. The molecule has 1 amide bonds. The van der Waals surface area contributed by atoms with Crippen LogP contribution < -0.4 is 5.32 Å². The molecule has 0 bridgehead atoms. The zero-order valence-electron chi connectivity index (χ0n) is 13.2. The van der Waals surface area contributed by atoms with E-state index in [4.69, 9.17) is 5.11 Å². The van der Waals surface area contributed by atoms with Gasteiger partial charge >= 0.3 is 5.97 Å². The summed E-state index contributed by atoms with van der Waals surface area (Å²) >= 11 is 3.47. The number of aromatic hydroxyl groups is 1. The van der Waals surface area contributed by atoms with Gasteiger partial charge < -0.3 is 15.5 Å². The van der Waals surface area contributed by atoms with Gasteiger partial charge in [-0.05, 0) is 47.5 Å². The fourth-order valence-corrected chi connectivity index (χ4v) is 3.18. The first-order valence-corrected chi connectivity index (χ1v) is 8.23. The van der Waals surface area contributed by atoms with Crippen LogP contribution in [-0.2, 0) is 0 Å². The van der Waals surface area contributed by atoms with Crippen LogP contribution in [0.4, 0.5) is 5.69 Å². The van der Waals surface area contributed by atoms with Crippen LogP contribution in [0.1, 0.15) is 26.3 Å². The summed E-state index contributed by atoms with van der Waals surface area (Å²) in [4.78, 5) is 23.9. The number of aryl methyl sites for hydroxylation is 1. The molecule has 3 aromatic carbocycles. The van der Waals surface area contributed by atoms with Gasteiger partial charge in [-0.1, -0.05) is 40.2 Å². The molecule has 126 valence electrons. The highest BCUT2D eigenvalue weighted by molar-refractivity contribution is 9.10. The number of rotatable bonds is 3. The molecule has 0 aliphatic heterocycles. The fraction of sp³-hybridized carbons (Fsp3) is 0.0526. The van der Waals surface area contributed by atoms with Crippen LogP contribution >= 0.6 is 15.9 Å². The standard InChI is InChI=1S/C19H14BrNO4/c1-10-8-11(9-15(17(10)22)19(24)25)21-18(23)14-6-2-5-13-12(14)4-3-7-16(13)20/h2-9,22H,1H3,(H,21,23)(H,24,25). The molecule has 3 aromatic rings. The Bertz CT molecular complexity index is 1010. The number of hydrogen-bond acceptors (Lipinski definition) is 3. The third-order valence-corrected chi connectivity index (χ3v) is 4.59. The molecule has 3 N–H and O–H groups in total. The van der Waals surface area contributed by atoms with E-state index in [0.29, 0.717) is 16.8 Å².